The van der Waals surface area contributed by atoms with Crippen molar-refractivity contribution in [1.82, 2.24) is 14.9 Å². The van der Waals surface area contributed by atoms with E-state index in [4.69, 9.17) is 9.26 Å². The molecule has 3 rings (SSSR count). The number of halogens is 1. The summed E-state index contributed by atoms with van der Waals surface area (Å²) in [5, 5.41) is 3.82. The van der Waals surface area contributed by atoms with Gasteiger partial charge in [-0.15, -0.1) is 0 Å². The third kappa shape index (κ3) is 4.44. The van der Waals surface area contributed by atoms with Gasteiger partial charge in [-0.1, -0.05) is 23.4 Å². The van der Waals surface area contributed by atoms with E-state index in [-0.39, 0.29) is 18.0 Å². The lowest BCUT2D eigenvalue weighted by Crippen LogP contribution is -2.25. The van der Waals surface area contributed by atoms with Gasteiger partial charge >= 0.3 is 0 Å². The summed E-state index contributed by atoms with van der Waals surface area (Å²) in [7, 11) is -2.19. The average molecular weight is 377 g/mol. The standard InChI is InChI=1S/C17H16FN3O4S/c1-24-14-8-6-12(7-9-14)17-20-16(25-21-17)10-19-26(22,23)11-13-4-2-3-5-15(13)18/h2-9,19H,10-11H2,1H3. The van der Waals surface area contributed by atoms with Gasteiger partial charge in [-0.3, -0.25) is 0 Å². The number of benzene rings is 2. The molecule has 0 bridgehead atoms. The second-order valence-electron chi connectivity index (χ2n) is 5.41. The first-order valence-electron chi connectivity index (χ1n) is 7.64. The van der Waals surface area contributed by atoms with E-state index in [0.717, 1.165) is 0 Å². The topological polar surface area (TPSA) is 94.3 Å². The van der Waals surface area contributed by atoms with Crippen LogP contribution in [0.5, 0.6) is 5.75 Å². The van der Waals surface area contributed by atoms with Crippen molar-refractivity contribution in [2.45, 2.75) is 12.3 Å². The molecule has 0 aliphatic heterocycles. The van der Waals surface area contributed by atoms with Crippen molar-refractivity contribution in [2.75, 3.05) is 7.11 Å². The molecule has 0 spiro atoms. The van der Waals surface area contributed by atoms with E-state index >= 15 is 0 Å². The fourth-order valence-electron chi connectivity index (χ4n) is 2.23. The predicted molar refractivity (Wildman–Crippen MR) is 92.1 cm³/mol. The van der Waals surface area contributed by atoms with Crippen molar-refractivity contribution in [3.05, 3.63) is 65.8 Å². The average Bonchev–Trinajstić information content (AvgIpc) is 3.11. The summed E-state index contributed by atoms with van der Waals surface area (Å²) < 4.78 is 50.2. The maximum atomic E-state index is 13.6. The van der Waals surface area contributed by atoms with Gasteiger partial charge < -0.3 is 9.26 Å². The van der Waals surface area contributed by atoms with Crippen LogP contribution in [0.25, 0.3) is 11.4 Å². The van der Waals surface area contributed by atoms with Crippen LogP contribution >= 0.6 is 0 Å². The Labute approximate surface area is 149 Å². The van der Waals surface area contributed by atoms with Crippen LogP contribution in [-0.4, -0.2) is 25.7 Å². The molecule has 9 heteroatoms. The molecule has 0 atom stereocenters. The van der Waals surface area contributed by atoms with Gasteiger partial charge in [-0.2, -0.15) is 4.98 Å². The normalized spacial score (nSPS) is 11.5. The van der Waals surface area contributed by atoms with Gasteiger partial charge in [0, 0.05) is 11.1 Å². The zero-order valence-electron chi connectivity index (χ0n) is 13.8. The molecule has 0 fully saturated rings. The lowest BCUT2D eigenvalue weighted by atomic mass is 10.2. The third-order valence-electron chi connectivity index (χ3n) is 3.56. The monoisotopic (exact) mass is 377 g/mol. The first kappa shape index (κ1) is 18.0. The molecule has 3 aromatic rings. The number of aromatic nitrogens is 2. The minimum atomic E-state index is -3.75. The van der Waals surface area contributed by atoms with Crippen LogP contribution in [0.1, 0.15) is 11.5 Å². The Kier molecular flexibility index (Phi) is 5.29. The Hall–Kier alpha value is -2.78. The Bertz CT molecular complexity index is 987. The Morgan fingerprint density at radius 2 is 1.88 bits per heavy atom. The molecule has 0 saturated carbocycles. The minimum absolute atomic E-state index is 0.0875. The predicted octanol–water partition coefficient (Wildman–Crippen LogP) is 2.50. The molecule has 0 aliphatic rings. The number of sulfonamides is 1. The van der Waals surface area contributed by atoms with Crippen molar-refractivity contribution in [3.63, 3.8) is 0 Å². The third-order valence-corrected chi connectivity index (χ3v) is 4.84. The second-order valence-corrected chi connectivity index (χ2v) is 7.22. The molecule has 26 heavy (non-hydrogen) atoms. The quantitative estimate of drug-likeness (QED) is 0.680. The highest BCUT2D eigenvalue weighted by atomic mass is 32.2. The summed E-state index contributed by atoms with van der Waals surface area (Å²) in [5.41, 5.74) is 0.791. The molecule has 0 aliphatic carbocycles. The highest BCUT2D eigenvalue weighted by molar-refractivity contribution is 7.88. The van der Waals surface area contributed by atoms with Crippen molar-refractivity contribution in [1.29, 1.82) is 0 Å². The number of nitrogens with zero attached hydrogens (tertiary/aromatic N) is 2. The summed E-state index contributed by atoms with van der Waals surface area (Å²) in [4.78, 5) is 4.14. The van der Waals surface area contributed by atoms with Crippen molar-refractivity contribution in [3.8, 4) is 17.1 Å². The fraction of sp³-hybridized carbons (Fsp3) is 0.176. The van der Waals surface area contributed by atoms with Crippen LogP contribution in [0.15, 0.2) is 53.1 Å². The van der Waals surface area contributed by atoms with Gasteiger partial charge in [-0.05, 0) is 30.3 Å². The van der Waals surface area contributed by atoms with Crippen molar-refractivity contribution < 1.29 is 22.1 Å². The first-order chi connectivity index (χ1) is 12.5. The number of ether oxygens (including phenoxy) is 1. The highest BCUT2D eigenvalue weighted by Crippen LogP contribution is 2.19. The number of methoxy groups -OCH3 is 1. The molecule has 7 nitrogen and oxygen atoms in total. The van der Waals surface area contributed by atoms with E-state index in [1.807, 2.05) is 0 Å². The minimum Gasteiger partial charge on any atom is -0.497 e. The number of rotatable bonds is 7. The molecule has 1 N–H and O–H groups in total. The van der Waals surface area contributed by atoms with Crippen LogP contribution < -0.4 is 9.46 Å². The molecular weight excluding hydrogens is 361 g/mol. The Morgan fingerprint density at radius 1 is 1.15 bits per heavy atom. The zero-order valence-corrected chi connectivity index (χ0v) is 14.7. The Balaban J connectivity index is 1.64. The summed E-state index contributed by atoms with van der Waals surface area (Å²) in [6, 6.07) is 12.7. The van der Waals surface area contributed by atoms with E-state index < -0.39 is 21.6 Å². The second kappa shape index (κ2) is 7.63. The largest absolute Gasteiger partial charge is 0.497 e. The number of nitrogens with one attached hydrogen (secondary N) is 1. The molecule has 1 aromatic heterocycles. The van der Waals surface area contributed by atoms with Gasteiger partial charge in [0.2, 0.25) is 21.7 Å². The van der Waals surface area contributed by atoms with Crippen molar-refractivity contribution >= 4 is 10.0 Å². The number of hydrogen-bond acceptors (Lipinski definition) is 6. The van der Waals surface area contributed by atoms with Gasteiger partial charge in [0.1, 0.15) is 11.6 Å². The van der Waals surface area contributed by atoms with Crippen molar-refractivity contribution in [2.24, 2.45) is 0 Å². The molecule has 1 heterocycles. The lowest BCUT2D eigenvalue weighted by Gasteiger charge is -2.05. The van der Waals surface area contributed by atoms with Crippen LogP contribution in [0, 0.1) is 5.82 Å². The maximum Gasteiger partial charge on any atom is 0.242 e. The van der Waals surface area contributed by atoms with E-state index in [1.165, 1.54) is 18.2 Å². The summed E-state index contributed by atoms with van der Waals surface area (Å²) in [6.45, 7) is -0.181. The first-order valence-corrected chi connectivity index (χ1v) is 9.30. The van der Waals surface area contributed by atoms with Gasteiger partial charge in [0.15, 0.2) is 0 Å². The summed E-state index contributed by atoms with van der Waals surface area (Å²) >= 11 is 0. The lowest BCUT2D eigenvalue weighted by molar-refractivity contribution is 0.376. The molecule has 136 valence electrons. The molecule has 2 aromatic carbocycles. The highest BCUT2D eigenvalue weighted by Gasteiger charge is 2.16. The van der Waals surface area contributed by atoms with E-state index in [2.05, 4.69) is 14.9 Å². The zero-order chi connectivity index (χ0) is 18.6. The van der Waals surface area contributed by atoms with Crippen LogP contribution in [0.3, 0.4) is 0 Å². The van der Waals surface area contributed by atoms with E-state index in [1.54, 1.807) is 37.4 Å². The van der Waals surface area contributed by atoms with Gasteiger partial charge in [0.25, 0.3) is 0 Å². The smallest absolute Gasteiger partial charge is 0.242 e. The summed E-state index contributed by atoms with van der Waals surface area (Å²) in [6.07, 6.45) is 0. The molecule has 0 amide bonds. The van der Waals surface area contributed by atoms with Gasteiger partial charge in [0.05, 0.1) is 19.4 Å². The molecule has 0 radical (unpaired) electrons. The fourth-order valence-corrected chi connectivity index (χ4v) is 3.32. The maximum absolute atomic E-state index is 13.6. The molecule has 0 saturated heterocycles. The van der Waals surface area contributed by atoms with E-state index in [9.17, 15) is 12.8 Å². The van der Waals surface area contributed by atoms with Crippen LogP contribution in [0.2, 0.25) is 0 Å². The SMILES string of the molecule is COc1ccc(-c2noc(CNS(=O)(=O)Cc3ccccc3F)n2)cc1. The van der Waals surface area contributed by atoms with Crippen LogP contribution in [-0.2, 0) is 22.3 Å². The van der Waals surface area contributed by atoms with E-state index in [0.29, 0.717) is 17.1 Å². The molecule has 0 unspecified atom stereocenters. The van der Waals surface area contributed by atoms with Gasteiger partial charge in [-0.25, -0.2) is 17.5 Å². The molecular formula is C17H16FN3O4S. The van der Waals surface area contributed by atoms with Crippen LogP contribution in [0.4, 0.5) is 4.39 Å². The number of hydrogen-bond donors (Lipinski definition) is 1. The summed E-state index contributed by atoms with van der Waals surface area (Å²) in [5.74, 6) is 0.0822. The Morgan fingerprint density at radius 3 is 2.58 bits per heavy atom.